The summed E-state index contributed by atoms with van der Waals surface area (Å²) in [6.07, 6.45) is 11.4. The molecule has 0 spiro atoms. The second-order valence-corrected chi connectivity index (χ2v) is 6.26. The Morgan fingerprint density at radius 3 is 2.52 bits per heavy atom. The molecule has 122 valence electrons. The van der Waals surface area contributed by atoms with Crippen molar-refractivity contribution in [1.82, 2.24) is 15.0 Å². The predicted octanol–water partition coefficient (Wildman–Crippen LogP) is 3.93. The number of anilines is 2. The van der Waals surface area contributed by atoms with Gasteiger partial charge in [0.25, 0.3) is 0 Å². The molecule has 5 nitrogen and oxygen atoms in total. The fourth-order valence-corrected chi connectivity index (χ4v) is 3.02. The van der Waals surface area contributed by atoms with Crippen LogP contribution in [0.5, 0.6) is 0 Å². The minimum atomic E-state index is 0.507. The van der Waals surface area contributed by atoms with Crippen LogP contribution in [0, 0.1) is 6.92 Å². The molecular weight excluding hydrogens is 286 g/mol. The van der Waals surface area contributed by atoms with E-state index in [9.17, 15) is 0 Å². The average molecular weight is 311 g/mol. The Hall–Kier alpha value is -2.17. The van der Waals surface area contributed by atoms with Crippen LogP contribution in [-0.2, 0) is 6.54 Å². The monoisotopic (exact) mass is 311 g/mol. The lowest BCUT2D eigenvalue weighted by molar-refractivity contribution is 0.614. The van der Waals surface area contributed by atoms with Crippen LogP contribution < -0.4 is 10.6 Å². The lowest BCUT2D eigenvalue weighted by Crippen LogP contribution is -2.20. The van der Waals surface area contributed by atoms with Crippen LogP contribution in [0.15, 0.2) is 30.6 Å². The van der Waals surface area contributed by atoms with Gasteiger partial charge >= 0.3 is 0 Å². The maximum Gasteiger partial charge on any atom is 0.225 e. The van der Waals surface area contributed by atoms with Gasteiger partial charge in [0, 0.05) is 36.7 Å². The summed E-state index contributed by atoms with van der Waals surface area (Å²) in [7, 11) is 0. The first-order valence-electron chi connectivity index (χ1n) is 8.54. The van der Waals surface area contributed by atoms with E-state index in [-0.39, 0.29) is 0 Å². The maximum absolute atomic E-state index is 4.62. The van der Waals surface area contributed by atoms with Gasteiger partial charge in [0.2, 0.25) is 5.95 Å². The molecule has 0 radical (unpaired) electrons. The molecule has 1 fully saturated rings. The zero-order valence-corrected chi connectivity index (χ0v) is 13.8. The van der Waals surface area contributed by atoms with Crippen molar-refractivity contribution < 1.29 is 0 Å². The smallest absolute Gasteiger partial charge is 0.225 e. The van der Waals surface area contributed by atoms with Gasteiger partial charge in [0.1, 0.15) is 5.82 Å². The van der Waals surface area contributed by atoms with Gasteiger partial charge in [0.05, 0.1) is 0 Å². The van der Waals surface area contributed by atoms with Crippen molar-refractivity contribution in [2.24, 2.45) is 0 Å². The zero-order valence-electron chi connectivity index (χ0n) is 13.8. The van der Waals surface area contributed by atoms with Crippen molar-refractivity contribution in [3.8, 4) is 0 Å². The van der Waals surface area contributed by atoms with Crippen molar-refractivity contribution >= 4 is 11.8 Å². The van der Waals surface area contributed by atoms with Crippen molar-refractivity contribution in [3.05, 3.63) is 41.9 Å². The first-order chi connectivity index (χ1) is 11.3. The summed E-state index contributed by atoms with van der Waals surface area (Å²) in [5, 5.41) is 6.90. The number of nitrogens with zero attached hydrogens (tertiary/aromatic N) is 3. The van der Waals surface area contributed by atoms with Crippen LogP contribution in [0.2, 0.25) is 0 Å². The summed E-state index contributed by atoms with van der Waals surface area (Å²) < 4.78 is 0. The van der Waals surface area contributed by atoms with Gasteiger partial charge in [-0.25, -0.2) is 4.98 Å². The predicted molar refractivity (Wildman–Crippen MR) is 93.4 cm³/mol. The minimum Gasteiger partial charge on any atom is -0.366 e. The lowest BCUT2D eigenvalue weighted by Gasteiger charge is -2.17. The molecule has 0 aromatic carbocycles. The standard InChI is InChI=1S/C18H25N5/c1-14-12-17(20-13-15-8-10-19-11-9-15)23-18(21-14)22-16-6-4-2-3-5-7-16/h8-12,16H,2-7,13H2,1H3,(H2,20,21,22,23). The average Bonchev–Trinajstić information content (AvgIpc) is 2.82. The largest absolute Gasteiger partial charge is 0.366 e. The fraction of sp³-hybridized carbons (Fsp3) is 0.500. The van der Waals surface area contributed by atoms with Crippen LogP contribution in [0.1, 0.15) is 49.8 Å². The molecule has 2 N–H and O–H groups in total. The van der Waals surface area contributed by atoms with E-state index >= 15 is 0 Å². The van der Waals surface area contributed by atoms with Gasteiger partial charge in [-0.05, 0) is 37.5 Å². The molecule has 1 saturated carbocycles. The van der Waals surface area contributed by atoms with E-state index in [1.165, 1.54) is 44.1 Å². The van der Waals surface area contributed by atoms with Gasteiger partial charge in [-0.15, -0.1) is 0 Å². The lowest BCUT2D eigenvalue weighted by atomic mass is 10.1. The molecule has 0 aliphatic heterocycles. The highest BCUT2D eigenvalue weighted by molar-refractivity contribution is 5.43. The third kappa shape index (κ3) is 4.91. The number of rotatable bonds is 5. The van der Waals surface area contributed by atoms with Crippen molar-refractivity contribution in [2.45, 2.75) is 58.0 Å². The molecule has 0 bridgehead atoms. The number of aromatic nitrogens is 3. The van der Waals surface area contributed by atoms with E-state index in [0.29, 0.717) is 6.04 Å². The first-order valence-corrected chi connectivity index (χ1v) is 8.54. The Morgan fingerprint density at radius 2 is 1.78 bits per heavy atom. The van der Waals surface area contributed by atoms with Crippen molar-refractivity contribution in [2.75, 3.05) is 10.6 Å². The van der Waals surface area contributed by atoms with Crippen LogP contribution in [0.3, 0.4) is 0 Å². The third-order valence-electron chi connectivity index (χ3n) is 4.27. The van der Waals surface area contributed by atoms with Gasteiger partial charge in [0.15, 0.2) is 0 Å². The summed E-state index contributed by atoms with van der Waals surface area (Å²) >= 11 is 0. The molecule has 23 heavy (non-hydrogen) atoms. The Morgan fingerprint density at radius 1 is 1.04 bits per heavy atom. The normalized spacial score (nSPS) is 15.9. The molecule has 0 atom stereocenters. The Balaban J connectivity index is 1.63. The van der Waals surface area contributed by atoms with Crippen LogP contribution in [-0.4, -0.2) is 21.0 Å². The molecule has 2 heterocycles. The summed E-state index contributed by atoms with van der Waals surface area (Å²) in [6, 6.07) is 6.50. The molecule has 0 amide bonds. The van der Waals surface area contributed by atoms with E-state index in [0.717, 1.165) is 24.0 Å². The number of nitrogens with one attached hydrogen (secondary N) is 2. The van der Waals surface area contributed by atoms with E-state index in [4.69, 9.17) is 0 Å². The maximum atomic E-state index is 4.62. The second-order valence-electron chi connectivity index (χ2n) is 6.26. The summed E-state index contributed by atoms with van der Waals surface area (Å²) in [5.41, 5.74) is 2.17. The molecule has 0 unspecified atom stereocenters. The van der Waals surface area contributed by atoms with Crippen molar-refractivity contribution in [1.29, 1.82) is 0 Å². The first kappa shape index (κ1) is 15.7. The zero-order chi connectivity index (χ0) is 15.9. The molecule has 0 saturated heterocycles. The highest BCUT2D eigenvalue weighted by Gasteiger charge is 2.13. The molecule has 2 aromatic rings. The number of pyridine rings is 1. The number of aryl methyl sites for hydroxylation is 1. The fourth-order valence-electron chi connectivity index (χ4n) is 3.02. The van der Waals surface area contributed by atoms with E-state index in [1.54, 1.807) is 12.4 Å². The van der Waals surface area contributed by atoms with Crippen LogP contribution >= 0.6 is 0 Å². The van der Waals surface area contributed by atoms with Gasteiger partial charge < -0.3 is 10.6 Å². The van der Waals surface area contributed by atoms with Gasteiger partial charge in [-0.3, -0.25) is 4.98 Å². The second kappa shape index (κ2) is 7.90. The molecule has 1 aliphatic carbocycles. The Labute approximate surface area is 138 Å². The molecule has 5 heteroatoms. The van der Waals surface area contributed by atoms with Crippen LogP contribution in [0.4, 0.5) is 11.8 Å². The molecular formula is C18H25N5. The van der Waals surface area contributed by atoms with Crippen LogP contribution in [0.25, 0.3) is 0 Å². The highest BCUT2D eigenvalue weighted by Crippen LogP contribution is 2.20. The summed E-state index contributed by atoms with van der Waals surface area (Å²) in [6.45, 7) is 2.75. The van der Waals surface area contributed by atoms with E-state index < -0.39 is 0 Å². The number of hydrogen-bond donors (Lipinski definition) is 2. The molecule has 2 aromatic heterocycles. The molecule has 1 aliphatic rings. The van der Waals surface area contributed by atoms with Gasteiger partial charge in [-0.2, -0.15) is 4.98 Å². The highest BCUT2D eigenvalue weighted by atomic mass is 15.2. The Bertz CT molecular complexity index is 606. The van der Waals surface area contributed by atoms with Gasteiger partial charge in [-0.1, -0.05) is 25.7 Å². The number of hydrogen-bond acceptors (Lipinski definition) is 5. The topological polar surface area (TPSA) is 62.7 Å². The molecule has 3 rings (SSSR count). The SMILES string of the molecule is Cc1cc(NCc2ccncc2)nc(NC2CCCCCC2)n1. The Kier molecular flexibility index (Phi) is 5.40. The van der Waals surface area contributed by atoms with E-state index in [2.05, 4.69) is 25.6 Å². The third-order valence-corrected chi connectivity index (χ3v) is 4.27. The van der Waals surface area contributed by atoms with Crippen molar-refractivity contribution in [3.63, 3.8) is 0 Å². The minimum absolute atomic E-state index is 0.507. The summed E-state index contributed by atoms with van der Waals surface area (Å²) in [5.74, 6) is 1.61. The quantitative estimate of drug-likeness (QED) is 0.819. The van der Waals surface area contributed by atoms with E-state index in [1.807, 2.05) is 25.1 Å². The summed E-state index contributed by atoms with van der Waals surface area (Å²) in [4.78, 5) is 13.2.